The topological polar surface area (TPSA) is 333 Å². The zero-order chi connectivity index (χ0) is 42.5. The Kier molecular flexibility index (Phi) is 15.9. The van der Waals surface area contributed by atoms with E-state index in [-0.39, 0.29) is 25.9 Å². The number of amides is 4. The van der Waals surface area contributed by atoms with Gasteiger partial charge in [-0.1, -0.05) is 0 Å². The van der Waals surface area contributed by atoms with Gasteiger partial charge < -0.3 is 87.3 Å². The van der Waals surface area contributed by atoms with Crippen LogP contribution in [0.1, 0.15) is 61.3 Å². The fourth-order valence-corrected chi connectivity index (χ4v) is 6.86. The third-order valence-corrected chi connectivity index (χ3v) is 9.46. The number of nitrogens with zero attached hydrogens (tertiary/aromatic N) is 1. The number of carbonyl (C=O) groups excluding carboxylic acids is 4. The highest BCUT2D eigenvalue weighted by molar-refractivity contribution is 5.82. The molecular formula is C35H63N7O14. The Morgan fingerprint density at radius 2 is 1.62 bits per heavy atom. The number of primary amides is 1. The summed E-state index contributed by atoms with van der Waals surface area (Å²) in [5, 5.41) is 63.1. The summed E-state index contributed by atoms with van der Waals surface area (Å²) in [6, 6.07) is -4.08. The predicted molar refractivity (Wildman–Crippen MR) is 197 cm³/mol. The molecule has 3 aliphatic rings. The number of carbonyl (C=O) groups is 4. The molecule has 0 bridgehead atoms. The Morgan fingerprint density at radius 3 is 2.21 bits per heavy atom. The molecular weight excluding hydrogens is 742 g/mol. The maximum Gasteiger partial charge on any atom is 0.410 e. The molecule has 0 aromatic rings. The molecule has 3 rings (SSSR count). The van der Waals surface area contributed by atoms with E-state index in [1.807, 2.05) is 0 Å². The van der Waals surface area contributed by atoms with E-state index in [4.69, 9.17) is 40.9 Å². The van der Waals surface area contributed by atoms with Crippen LogP contribution in [-0.4, -0.2) is 172 Å². The van der Waals surface area contributed by atoms with Crippen LogP contribution in [-0.2, 0) is 33.3 Å². The van der Waals surface area contributed by atoms with Crippen LogP contribution in [0.2, 0.25) is 0 Å². The molecule has 0 aromatic heterocycles. The van der Waals surface area contributed by atoms with Crippen LogP contribution in [0.25, 0.3) is 0 Å². The Hall–Kier alpha value is -3.38. The van der Waals surface area contributed by atoms with Crippen LogP contribution >= 0.6 is 0 Å². The number of ether oxygens (including phenoxy) is 5. The van der Waals surface area contributed by atoms with Gasteiger partial charge in [-0.2, -0.15) is 0 Å². The van der Waals surface area contributed by atoms with Crippen molar-refractivity contribution >= 4 is 24.0 Å². The summed E-state index contributed by atoms with van der Waals surface area (Å²) in [6.45, 7) is 10.2. The first kappa shape index (κ1) is 47.0. The molecule has 56 heavy (non-hydrogen) atoms. The van der Waals surface area contributed by atoms with Crippen molar-refractivity contribution in [1.29, 1.82) is 0 Å². The largest absolute Gasteiger partial charge is 0.492 e. The van der Waals surface area contributed by atoms with E-state index >= 15 is 0 Å². The van der Waals surface area contributed by atoms with Gasteiger partial charge in [-0.25, -0.2) is 9.59 Å². The molecule has 2 heterocycles. The van der Waals surface area contributed by atoms with Crippen molar-refractivity contribution in [3.8, 4) is 0 Å². The maximum atomic E-state index is 13.3. The number of rotatable bonds is 13. The molecule has 1 saturated carbocycles. The van der Waals surface area contributed by atoms with Gasteiger partial charge in [0.1, 0.15) is 53.1 Å². The number of likely N-dealkylation sites (N-methyl/N-ethyl adjacent to an activating group) is 1. The van der Waals surface area contributed by atoms with Crippen molar-refractivity contribution in [3.05, 3.63) is 11.8 Å². The summed E-state index contributed by atoms with van der Waals surface area (Å²) in [5.74, 6) is -2.47. The Balaban J connectivity index is 1.89. The third-order valence-electron chi connectivity index (χ3n) is 9.46. The zero-order valence-electron chi connectivity index (χ0n) is 33.3. The van der Waals surface area contributed by atoms with Gasteiger partial charge in [-0.05, 0) is 67.4 Å². The molecule has 1 aliphatic carbocycles. The summed E-state index contributed by atoms with van der Waals surface area (Å²) < 4.78 is 28.8. The van der Waals surface area contributed by atoms with Crippen molar-refractivity contribution in [2.45, 2.75) is 145 Å². The van der Waals surface area contributed by atoms with Gasteiger partial charge in [0.05, 0.1) is 37.9 Å². The molecule has 14 N–H and O–H groups in total. The number of nitrogens with two attached hydrogens (primary N) is 3. The summed E-state index contributed by atoms with van der Waals surface area (Å²) in [6.07, 6.45) is -10.3. The fraction of sp³-hybridized carbons (Fsp3) is 0.829. The van der Waals surface area contributed by atoms with E-state index < -0.39 is 127 Å². The molecule has 1 saturated heterocycles. The fourth-order valence-electron chi connectivity index (χ4n) is 6.86. The molecule has 0 radical (unpaired) electrons. The minimum absolute atomic E-state index is 0.0635. The number of hydrogen-bond acceptors (Lipinski definition) is 17. The van der Waals surface area contributed by atoms with Crippen molar-refractivity contribution in [2.24, 2.45) is 23.1 Å². The molecule has 13 atom stereocenters. The van der Waals surface area contributed by atoms with Gasteiger partial charge in [0.2, 0.25) is 5.91 Å². The van der Waals surface area contributed by atoms with E-state index in [0.717, 1.165) is 4.90 Å². The van der Waals surface area contributed by atoms with Crippen LogP contribution < -0.4 is 33.2 Å². The lowest BCUT2D eigenvalue weighted by Gasteiger charge is -2.51. The van der Waals surface area contributed by atoms with Crippen molar-refractivity contribution in [3.63, 3.8) is 0 Å². The number of aliphatic hydroxyl groups is 5. The lowest BCUT2D eigenvalue weighted by atomic mass is 9.72. The second-order valence-electron chi connectivity index (χ2n) is 16.8. The van der Waals surface area contributed by atoms with Gasteiger partial charge in [-0.3, -0.25) is 9.59 Å². The highest BCUT2D eigenvalue weighted by Crippen LogP contribution is 2.37. The Bertz CT molecular complexity index is 1410. The van der Waals surface area contributed by atoms with Gasteiger partial charge >= 0.3 is 12.2 Å². The second kappa shape index (κ2) is 18.9. The zero-order valence-corrected chi connectivity index (χ0v) is 33.3. The van der Waals surface area contributed by atoms with Gasteiger partial charge in [0, 0.05) is 31.6 Å². The molecule has 322 valence electrons. The molecule has 2 unspecified atom stereocenters. The quantitative estimate of drug-likeness (QED) is 0.0864. The van der Waals surface area contributed by atoms with Crippen molar-refractivity contribution < 1.29 is 68.4 Å². The average molecular weight is 806 g/mol. The minimum atomic E-state index is -1.80. The SMILES string of the molecule is CN(C(=O)OC(C)(C)C)[C@@H]1[C@@H](O)[C@@H](O[C@@H]2[C@@H](O)[C@H](C3OC(CNCC(O)C(N)=O)=CC[C@H]3N)[C@@H](N)C[C@H]2NC(=O)[C@@H](O)CNC(=O)OC(C)(C)C)OC[C@]1(C)O. The van der Waals surface area contributed by atoms with E-state index in [1.54, 1.807) is 47.6 Å². The van der Waals surface area contributed by atoms with Crippen LogP contribution in [0.15, 0.2) is 11.8 Å². The van der Waals surface area contributed by atoms with Crippen molar-refractivity contribution in [2.75, 3.05) is 33.3 Å². The normalized spacial score (nSPS) is 33.5. The van der Waals surface area contributed by atoms with Gasteiger partial charge in [0.25, 0.3) is 5.91 Å². The number of nitrogens with one attached hydrogen (secondary N) is 3. The van der Waals surface area contributed by atoms with Crippen LogP contribution in [0.3, 0.4) is 0 Å². The first-order chi connectivity index (χ1) is 25.7. The summed E-state index contributed by atoms with van der Waals surface area (Å²) in [7, 11) is 1.33. The summed E-state index contributed by atoms with van der Waals surface area (Å²) in [4.78, 5) is 50.8. The van der Waals surface area contributed by atoms with E-state index in [1.165, 1.54) is 14.0 Å². The van der Waals surface area contributed by atoms with Crippen molar-refractivity contribution in [1.82, 2.24) is 20.9 Å². The van der Waals surface area contributed by atoms with E-state index in [2.05, 4.69) is 16.0 Å². The number of alkyl carbamates (subject to hydrolysis) is 1. The smallest absolute Gasteiger partial charge is 0.410 e. The lowest BCUT2D eigenvalue weighted by Crippen LogP contribution is -2.70. The highest BCUT2D eigenvalue weighted by Gasteiger charge is 2.55. The van der Waals surface area contributed by atoms with E-state index in [9.17, 15) is 44.7 Å². The van der Waals surface area contributed by atoms with Crippen LogP contribution in [0.4, 0.5) is 9.59 Å². The Morgan fingerprint density at radius 1 is 1.00 bits per heavy atom. The van der Waals surface area contributed by atoms with Crippen LogP contribution in [0.5, 0.6) is 0 Å². The van der Waals surface area contributed by atoms with Gasteiger partial charge in [0.15, 0.2) is 6.29 Å². The maximum absolute atomic E-state index is 13.3. The first-order valence-corrected chi connectivity index (χ1v) is 18.5. The van der Waals surface area contributed by atoms with Crippen LogP contribution in [0, 0.1) is 5.92 Å². The van der Waals surface area contributed by atoms with Gasteiger partial charge in [-0.15, -0.1) is 0 Å². The molecule has 4 amide bonds. The lowest BCUT2D eigenvalue weighted by molar-refractivity contribution is -0.305. The average Bonchev–Trinajstić information content (AvgIpc) is 3.05. The molecule has 2 aliphatic heterocycles. The molecule has 21 heteroatoms. The molecule has 2 fully saturated rings. The number of aliphatic hydroxyl groups excluding tert-OH is 4. The summed E-state index contributed by atoms with van der Waals surface area (Å²) in [5.41, 5.74) is 14.7. The monoisotopic (exact) mass is 805 g/mol. The highest BCUT2D eigenvalue weighted by atomic mass is 16.7. The molecule has 0 spiro atoms. The van der Waals surface area contributed by atoms with E-state index in [0.29, 0.717) is 5.76 Å². The second-order valence-corrected chi connectivity index (χ2v) is 16.8. The number of hydrogen-bond donors (Lipinski definition) is 11. The standard InChI is InChI=1S/C35H63N7O14/c1-33(2,3)55-31(49)40-14-21(44)29(48)41-19-11-18(37)22(25-17(36)10-9-16(53-25)12-39-13-20(43)28(38)47)23(45)26(19)54-30-24(46)27(35(7,51)15-52-30)42(8)32(50)56-34(4,5)6/h9,17-27,30,39,43-46,51H,10-15,36-37H2,1-8H3,(H2,38,47)(H,40,49)(H,41,48)/t17-,18+,19-,20?,21+,22-,23+,24-,25?,26+,27-,30-,35+/m1/s1. The Labute approximate surface area is 326 Å². The molecule has 21 nitrogen and oxygen atoms in total. The first-order valence-electron chi connectivity index (χ1n) is 18.5. The predicted octanol–water partition coefficient (Wildman–Crippen LogP) is -3.41. The molecule has 0 aromatic carbocycles. The summed E-state index contributed by atoms with van der Waals surface area (Å²) >= 11 is 0. The third kappa shape index (κ3) is 12.8. The minimum Gasteiger partial charge on any atom is -0.492 e.